The predicted molar refractivity (Wildman–Crippen MR) is 62.7 cm³/mol. The van der Waals surface area contributed by atoms with Gasteiger partial charge in [-0.15, -0.1) is 0 Å². The van der Waals surface area contributed by atoms with Gasteiger partial charge in [0.05, 0.1) is 5.69 Å². The first-order chi connectivity index (χ1) is 7.33. The molecule has 2 heteroatoms. The summed E-state index contributed by atoms with van der Waals surface area (Å²) in [7, 11) is 0. The van der Waals surface area contributed by atoms with Crippen molar-refractivity contribution in [1.82, 2.24) is 9.78 Å². The van der Waals surface area contributed by atoms with Crippen LogP contribution in [0.3, 0.4) is 0 Å². The van der Waals surface area contributed by atoms with Crippen molar-refractivity contribution in [2.24, 2.45) is 0 Å². The van der Waals surface area contributed by atoms with Gasteiger partial charge in [0.2, 0.25) is 0 Å². The van der Waals surface area contributed by atoms with Gasteiger partial charge in [0, 0.05) is 12.2 Å². The topological polar surface area (TPSA) is 17.8 Å². The van der Waals surface area contributed by atoms with E-state index >= 15 is 0 Å². The van der Waals surface area contributed by atoms with E-state index in [4.69, 9.17) is 0 Å². The van der Waals surface area contributed by atoms with Crippen molar-refractivity contribution in [3.63, 3.8) is 0 Å². The predicted octanol–water partition coefficient (Wildman–Crippen LogP) is 3.52. The van der Waals surface area contributed by atoms with Crippen molar-refractivity contribution in [2.75, 3.05) is 0 Å². The average molecular weight is 200 g/mol. The van der Waals surface area contributed by atoms with Crippen LogP contribution in [0.25, 0.3) is 11.3 Å². The van der Waals surface area contributed by atoms with Gasteiger partial charge < -0.3 is 0 Å². The second-order valence-electron chi connectivity index (χ2n) is 3.78. The standard InChI is InChI=1S/C13H16N2/c1-3-11(2)15-13(9-10-14-15)12-7-5-4-6-8-12/h4-11H,3H2,1-2H3. The van der Waals surface area contributed by atoms with Crippen LogP contribution in [0, 0.1) is 0 Å². The normalized spacial score (nSPS) is 12.7. The molecule has 0 bridgehead atoms. The number of nitrogens with zero attached hydrogens (tertiary/aromatic N) is 2. The van der Waals surface area contributed by atoms with Gasteiger partial charge in [0.25, 0.3) is 0 Å². The Labute approximate surface area is 90.6 Å². The molecule has 15 heavy (non-hydrogen) atoms. The Kier molecular flexibility index (Phi) is 2.86. The zero-order chi connectivity index (χ0) is 10.7. The maximum Gasteiger partial charge on any atom is 0.0685 e. The molecule has 1 aromatic carbocycles. The van der Waals surface area contributed by atoms with E-state index in [1.807, 2.05) is 12.3 Å². The summed E-state index contributed by atoms with van der Waals surface area (Å²) >= 11 is 0. The summed E-state index contributed by atoms with van der Waals surface area (Å²) in [5.41, 5.74) is 2.43. The Morgan fingerprint density at radius 2 is 1.93 bits per heavy atom. The van der Waals surface area contributed by atoms with Gasteiger partial charge >= 0.3 is 0 Å². The minimum absolute atomic E-state index is 0.454. The number of aromatic nitrogens is 2. The summed E-state index contributed by atoms with van der Waals surface area (Å²) < 4.78 is 2.09. The molecule has 1 heterocycles. The Bertz CT molecular complexity index is 417. The van der Waals surface area contributed by atoms with Crippen molar-refractivity contribution in [3.8, 4) is 11.3 Å². The molecule has 0 amide bonds. The molecule has 0 saturated carbocycles. The van der Waals surface area contributed by atoms with Crippen LogP contribution < -0.4 is 0 Å². The Morgan fingerprint density at radius 3 is 2.60 bits per heavy atom. The first-order valence-corrected chi connectivity index (χ1v) is 5.42. The first kappa shape index (κ1) is 9.97. The number of hydrogen-bond donors (Lipinski definition) is 0. The lowest BCUT2D eigenvalue weighted by atomic mass is 10.1. The fraction of sp³-hybridized carbons (Fsp3) is 0.308. The smallest absolute Gasteiger partial charge is 0.0685 e. The van der Waals surface area contributed by atoms with Gasteiger partial charge in [0.15, 0.2) is 0 Å². The molecule has 0 radical (unpaired) electrons. The van der Waals surface area contributed by atoms with E-state index in [0.717, 1.165) is 6.42 Å². The first-order valence-electron chi connectivity index (χ1n) is 5.42. The molecule has 0 saturated heterocycles. The van der Waals surface area contributed by atoms with Gasteiger partial charge in [-0.25, -0.2) is 0 Å². The van der Waals surface area contributed by atoms with Crippen LogP contribution >= 0.6 is 0 Å². The molecule has 1 aromatic heterocycles. The highest BCUT2D eigenvalue weighted by Gasteiger charge is 2.09. The molecule has 1 unspecified atom stereocenters. The quantitative estimate of drug-likeness (QED) is 0.741. The van der Waals surface area contributed by atoms with Crippen molar-refractivity contribution in [2.45, 2.75) is 26.3 Å². The van der Waals surface area contributed by atoms with Crippen LogP contribution in [0.5, 0.6) is 0 Å². The SMILES string of the molecule is CCC(C)n1nccc1-c1ccccc1. The van der Waals surface area contributed by atoms with Crippen LogP contribution in [-0.2, 0) is 0 Å². The lowest BCUT2D eigenvalue weighted by molar-refractivity contribution is 0.483. The minimum atomic E-state index is 0.454. The zero-order valence-corrected chi connectivity index (χ0v) is 9.22. The van der Waals surface area contributed by atoms with Gasteiger partial charge in [0.1, 0.15) is 0 Å². The molecular weight excluding hydrogens is 184 g/mol. The highest BCUT2D eigenvalue weighted by Crippen LogP contribution is 2.22. The molecule has 2 rings (SSSR count). The largest absolute Gasteiger partial charge is 0.262 e. The van der Waals surface area contributed by atoms with Crippen LogP contribution in [0.4, 0.5) is 0 Å². The van der Waals surface area contributed by atoms with Crippen molar-refractivity contribution in [1.29, 1.82) is 0 Å². The van der Waals surface area contributed by atoms with Gasteiger partial charge in [-0.2, -0.15) is 5.10 Å². The Hall–Kier alpha value is -1.57. The lowest BCUT2D eigenvalue weighted by Crippen LogP contribution is -2.07. The summed E-state index contributed by atoms with van der Waals surface area (Å²) in [4.78, 5) is 0. The van der Waals surface area contributed by atoms with Crippen molar-refractivity contribution < 1.29 is 0 Å². The molecule has 0 spiro atoms. The lowest BCUT2D eigenvalue weighted by Gasteiger charge is -2.13. The average Bonchev–Trinajstić information content (AvgIpc) is 2.78. The second-order valence-corrected chi connectivity index (χ2v) is 3.78. The van der Waals surface area contributed by atoms with E-state index in [-0.39, 0.29) is 0 Å². The highest BCUT2D eigenvalue weighted by molar-refractivity contribution is 5.58. The third kappa shape index (κ3) is 1.94. The third-order valence-corrected chi connectivity index (χ3v) is 2.75. The Morgan fingerprint density at radius 1 is 1.20 bits per heavy atom. The molecular formula is C13H16N2. The van der Waals surface area contributed by atoms with Gasteiger partial charge in [-0.05, 0) is 25.0 Å². The number of benzene rings is 1. The molecule has 1 atom stereocenters. The molecule has 0 N–H and O–H groups in total. The third-order valence-electron chi connectivity index (χ3n) is 2.75. The van der Waals surface area contributed by atoms with Crippen molar-refractivity contribution in [3.05, 3.63) is 42.6 Å². The summed E-state index contributed by atoms with van der Waals surface area (Å²) in [6.07, 6.45) is 2.97. The molecule has 78 valence electrons. The summed E-state index contributed by atoms with van der Waals surface area (Å²) in [5, 5.41) is 4.38. The second kappa shape index (κ2) is 4.30. The summed E-state index contributed by atoms with van der Waals surface area (Å²) in [5.74, 6) is 0. The highest BCUT2D eigenvalue weighted by atomic mass is 15.3. The van der Waals surface area contributed by atoms with E-state index in [2.05, 4.69) is 54.0 Å². The minimum Gasteiger partial charge on any atom is -0.262 e. The Balaban J connectivity index is 2.41. The van der Waals surface area contributed by atoms with Crippen LogP contribution in [-0.4, -0.2) is 9.78 Å². The monoisotopic (exact) mass is 200 g/mol. The molecule has 2 aromatic rings. The molecule has 2 nitrogen and oxygen atoms in total. The maximum absolute atomic E-state index is 4.38. The van der Waals surface area contributed by atoms with E-state index < -0.39 is 0 Å². The fourth-order valence-corrected chi connectivity index (χ4v) is 1.68. The molecule has 0 aliphatic carbocycles. The van der Waals surface area contributed by atoms with Gasteiger partial charge in [-0.1, -0.05) is 37.3 Å². The number of rotatable bonds is 3. The fourth-order valence-electron chi connectivity index (χ4n) is 1.68. The van der Waals surface area contributed by atoms with E-state index in [9.17, 15) is 0 Å². The summed E-state index contributed by atoms with van der Waals surface area (Å²) in [6, 6.07) is 12.9. The summed E-state index contributed by atoms with van der Waals surface area (Å²) in [6.45, 7) is 4.38. The van der Waals surface area contributed by atoms with E-state index in [1.54, 1.807) is 0 Å². The molecule has 0 fully saturated rings. The number of hydrogen-bond acceptors (Lipinski definition) is 1. The van der Waals surface area contributed by atoms with E-state index in [1.165, 1.54) is 11.3 Å². The zero-order valence-electron chi connectivity index (χ0n) is 9.22. The maximum atomic E-state index is 4.38. The van der Waals surface area contributed by atoms with E-state index in [0.29, 0.717) is 6.04 Å². The van der Waals surface area contributed by atoms with Crippen LogP contribution in [0.1, 0.15) is 26.3 Å². The molecule has 0 aliphatic rings. The van der Waals surface area contributed by atoms with Crippen LogP contribution in [0.15, 0.2) is 42.6 Å². The molecule has 0 aliphatic heterocycles. The van der Waals surface area contributed by atoms with Crippen LogP contribution in [0.2, 0.25) is 0 Å². The van der Waals surface area contributed by atoms with Crippen molar-refractivity contribution >= 4 is 0 Å². The van der Waals surface area contributed by atoms with Gasteiger partial charge in [-0.3, -0.25) is 4.68 Å².